The summed E-state index contributed by atoms with van der Waals surface area (Å²) in [4.78, 5) is 0. The first kappa shape index (κ1) is 16.0. The van der Waals surface area contributed by atoms with Crippen LogP contribution in [-0.2, 0) is 11.2 Å². The molecule has 108 valence electrons. The number of nitrogens with two attached hydrogens (primary N) is 1. The van der Waals surface area contributed by atoms with Crippen molar-refractivity contribution in [1.29, 1.82) is 0 Å². The van der Waals surface area contributed by atoms with Crippen molar-refractivity contribution >= 4 is 0 Å². The van der Waals surface area contributed by atoms with E-state index in [-0.39, 0.29) is 11.2 Å². The predicted molar refractivity (Wildman–Crippen MR) is 79.6 cm³/mol. The van der Waals surface area contributed by atoms with Crippen LogP contribution in [0.1, 0.15) is 40.2 Å². The minimum atomic E-state index is -0.345. The average Bonchev–Trinajstić information content (AvgIpc) is 2.29. The van der Waals surface area contributed by atoms with Crippen LogP contribution in [0.25, 0.3) is 0 Å². The fourth-order valence-electron chi connectivity index (χ4n) is 1.63. The second-order valence-electron chi connectivity index (χ2n) is 6.45. The van der Waals surface area contributed by atoms with Crippen molar-refractivity contribution in [2.24, 2.45) is 5.73 Å². The van der Waals surface area contributed by atoms with Crippen LogP contribution in [0.2, 0.25) is 0 Å². The van der Waals surface area contributed by atoms with E-state index in [1.54, 1.807) is 0 Å². The molecule has 0 saturated heterocycles. The van der Waals surface area contributed by atoms with Gasteiger partial charge >= 0.3 is 0 Å². The van der Waals surface area contributed by atoms with Gasteiger partial charge in [0.1, 0.15) is 11.4 Å². The van der Waals surface area contributed by atoms with E-state index in [1.165, 1.54) is 5.56 Å². The zero-order valence-electron chi connectivity index (χ0n) is 12.8. The molecule has 0 atom stereocenters. The van der Waals surface area contributed by atoms with Crippen LogP contribution < -0.4 is 10.5 Å². The Morgan fingerprint density at radius 2 is 1.58 bits per heavy atom. The normalized spacial score (nSPS) is 12.5. The van der Waals surface area contributed by atoms with E-state index >= 15 is 0 Å². The SMILES string of the molecule is CC(C)(C)OCC(C)(C)Oc1ccc(CCN)cc1. The maximum Gasteiger partial charge on any atom is 0.127 e. The molecule has 0 aliphatic carbocycles. The summed E-state index contributed by atoms with van der Waals surface area (Å²) in [5, 5.41) is 0. The lowest BCUT2D eigenvalue weighted by Gasteiger charge is -2.30. The number of benzene rings is 1. The Bertz CT molecular complexity index is 377. The zero-order valence-corrected chi connectivity index (χ0v) is 12.8. The fraction of sp³-hybridized carbons (Fsp3) is 0.625. The quantitative estimate of drug-likeness (QED) is 0.859. The van der Waals surface area contributed by atoms with Crippen molar-refractivity contribution in [2.75, 3.05) is 13.2 Å². The van der Waals surface area contributed by atoms with Gasteiger partial charge in [-0.2, -0.15) is 0 Å². The predicted octanol–water partition coefficient (Wildman–Crippen LogP) is 3.16. The number of rotatable bonds is 6. The molecule has 0 amide bonds. The van der Waals surface area contributed by atoms with Crippen molar-refractivity contribution in [2.45, 2.75) is 52.2 Å². The molecule has 0 radical (unpaired) electrons. The molecular weight excluding hydrogens is 238 g/mol. The Labute approximate surface area is 117 Å². The molecule has 0 heterocycles. The molecule has 3 heteroatoms. The smallest absolute Gasteiger partial charge is 0.127 e. The summed E-state index contributed by atoms with van der Waals surface area (Å²) in [6, 6.07) is 8.10. The van der Waals surface area contributed by atoms with E-state index in [9.17, 15) is 0 Å². The second kappa shape index (κ2) is 6.40. The first-order chi connectivity index (χ1) is 8.72. The third-order valence-electron chi connectivity index (χ3n) is 2.60. The molecule has 2 N–H and O–H groups in total. The first-order valence-electron chi connectivity index (χ1n) is 6.84. The molecule has 0 fully saturated rings. The Morgan fingerprint density at radius 3 is 2.05 bits per heavy atom. The lowest BCUT2D eigenvalue weighted by molar-refractivity contribution is -0.0723. The van der Waals surface area contributed by atoms with E-state index in [0.717, 1.165) is 12.2 Å². The summed E-state index contributed by atoms with van der Waals surface area (Å²) in [6.07, 6.45) is 0.900. The maximum atomic E-state index is 5.97. The molecule has 1 aromatic carbocycles. The highest BCUT2D eigenvalue weighted by atomic mass is 16.6. The van der Waals surface area contributed by atoms with Crippen molar-refractivity contribution in [1.82, 2.24) is 0 Å². The Balaban J connectivity index is 2.57. The molecule has 0 aliphatic heterocycles. The van der Waals surface area contributed by atoms with Crippen LogP contribution in [-0.4, -0.2) is 24.4 Å². The summed E-state index contributed by atoms with van der Waals surface area (Å²) in [6.45, 7) is 11.4. The Kier molecular flexibility index (Phi) is 5.39. The number of hydrogen-bond acceptors (Lipinski definition) is 3. The lowest BCUT2D eigenvalue weighted by atomic mass is 10.1. The van der Waals surface area contributed by atoms with Gasteiger partial charge < -0.3 is 15.2 Å². The van der Waals surface area contributed by atoms with Gasteiger partial charge in [0.15, 0.2) is 0 Å². The van der Waals surface area contributed by atoms with E-state index < -0.39 is 0 Å². The van der Waals surface area contributed by atoms with Crippen LogP contribution in [0, 0.1) is 0 Å². The number of ether oxygens (including phenoxy) is 2. The van der Waals surface area contributed by atoms with Gasteiger partial charge in [-0.1, -0.05) is 12.1 Å². The van der Waals surface area contributed by atoms with Crippen LogP contribution in [0.4, 0.5) is 0 Å². The minimum Gasteiger partial charge on any atom is -0.485 e. The molecule has 0 unspecified atom stereocenters. The maximum absolute atomic E-state index is 5.97. The first-order valence-corrected chi connectivity index (χ1v) is 6.84. The van der Waals surface area contributed by atoms with E-state index in [2.05, 4.69) is 12.1 Å². The third-order valence-corrected chi connectivity index (χ3v) is 2.60. The second-order valence-corrected chi connectivity index (χ2v) is 6.45. The topological polar surface area (TPSA) is 44.5 Å². The minimum absolute atomic E-state index is 0.147. The molecule has 0 aliphatic rings. The lowest BCUT2D eigenvalue weighted by Crippen LogP contribution is -2.37. The number of hydrogen-bond donors (Lipinski definition) is 1. The third kappa shape index (κ3) is 6.60. The summed E-state index contributed by atoms with van der Waals surface area (Å²) < 4.78 is 11.8. The van der Waals surface area contributed by atoms with Gasteiger partial charge in [0.05, 0.1) is 12.2 Å². The molecule has 3 nitrogen and oxygen atoms in total. The van der Waals surface area contributed by atoms with Crippen molar-refractivity contribution < 1.29 is 9.47 Å². The van der Waals surface area contributed by atoms with E-state index in [4.69, 9.17) is 15.2 Å². The van der Waals surface area contributed by atoms with Crippen LogP contribution in [0.5, 0.6) is 5.75 Å². The molecule has 0 bridgehead atoms. The molecule has 1 aromatic rings. The molecule has 0 saturated carbocycles. The van der Waals surface area contributed by atoms with Gasteiger partial charge in [-0.25, -0.2) is 0 Å². The highest BCUT2D eigenvalue weighted by Gasteiger charge is 2.23. The largest absolute Gasteiger partial charge is 0.485 e. The molecule has 19 heavy (non-hydrogen) atoms. The van der Waals surface area contributed by atoms with E-state index in [1.807, 2.05) is 46.8 Å². The standard InChI is InChI=1S/C16H27NO2/c1-15(2,3)18-12-16(4,5)19-14-8-6-13(7-9-14)10-11-17/h6-9H,10-12,17H2,1-5H3. The average molecular weight is 265 g/mol. The molecular formula is C16H27NO2. The fourth-order valence-corrected chi connectivity index (χ4v) is 1.63. The van der Waals surface area contributed by atoms with Crippen molar-refractivity contribution in [3.05, 3.63) is 29.8 Å². The van der Waals surface area contributed by atoms with Gasteiger partial charge in [0, 0.05) is 0 Å². The van der Waals surface area contributed by atoms with Gasteiger partial charge in [-0.15, -0.1) is 0 Å². The molecule has 1 rings (SSSR count). The van der Waals surface area contributed by atoms with Gasteiger partial charge in [0.25, 0.3) is 0 Å². The molecule has 0 aromatic heterocycles. The zero-order chi connectivity index (χ0) is 14.5. The Hall–Kier alpha value is -1.06. The highest BCUT2D eigenvalue weighted by molar-refractivity contribution is 5.28. The van der Waals surface area contributed by atoms with Gasteiger partial charge in [-0.05, 0) is 65.3 Å². The van der Waals surface area contributed by atoms with Crippen LogP contribution in [0.15, 0.2) is 24.3 Å². The van der Waals surface area contributed by atoms with E-state index in [0.29, 0.717) is 13.2 Å². The van der Waals surface area contributed by atoms with Crippen molar-refractivity contribution in [3.63, 3.8) is 0 Å². The summed E-state index contributed by atoms with van der Waals surface area (Å²) in [5.41, 5.74) is 6.28. The Morgan fingerprint density at radius 1 is 1.00 bits per heavy atom. The summed E-state index contributed by atoms with van der Waals surface area (Å²) in [7, 11) is 0. The van der Waals surface area contributed by atoms with Gasteiger partial charge in [0.2, 0.25) is 0 Å². The monoisotopic (exact) mass is 265 g/mol. The summed E-state index contributed by atoms with van der Waals surface area (Å²) >= 11 is 0. The van der Waals surface area contributed by atoms with Crippen LogP contribution in [0.3, 0.4) is 0 Å². The van der Waals surface area contributed by atoms with Crippen LogP contribution >= 0.6 is 0 Å². The van der Waals surface area contributed by atoms with Gasteiger partial charge in [-0.3, -0.25) is 0 Å². The highest BCUT2D eigenvalue weighted by Crippen LogP contribution is 2.21. The summed E-state index contributed by atoms with van der Waals surface area (Å²) in [5.74, 6) is 0.864. The van der Waals surface area contributed by atoms with Crippen molar-refractivity contribution in [3.8, 4) is 5.75 Å². The molecule has 0 spiro atoms.